The Hall–Kier alpha value is -0.440. The molecule has 0 saturated carbocycles. The first-order valence-corrected chi connectivity index (χ1v) is 3.89. The fraction of sp³-hybridized carbons (Fsp3) is 0.200. The fourth-order valence-corrected chi connectivity index (χ4v) is 0.869. The zero-order chi connectivity index (χ0) is 8.81. The molecule has 0 unspecified atom stereocenters. The normalized spacial score (nSPS) is 8.38. The van der Waals surface area contributed by atoms with Crippen LogP contribution in [0.3, 0.4) is 0 Å². The Morgan fingerprint density at radius 1 is 1.38 bits per heavy atom. The summed E-state index contributed by atoms with van der Waals surface area (Å²) in [5.74, 6) is -0.288. The van der Waals surface area contributed by atoms with Crippen LogP contribution in [0.5, 0.6) is 0 Å². The topological polar surface area (TPSA) is 26.3 Å². The van der Waals surface area contributed by atoms with Crippen molar-refractivity contribution in [2.24, 2.45) is 0 Å². The van der Waals surface area contributed by atoms with Gasteiger partial charge in [0.05, 0.1) is 6.61 Å². The third kappa shape index (κ3) is 4.98. The summed E-state index contributed by atoms with van der Waals surface area (Å²) in [4.78, 5) is 10.9. The fourth-order valence-electron chi connectivity index (χ4n) is 0.869. The van der Waals surface area contributed by atoms with Crippen molar-refractivity contribution in [1.82, 2.24) is 0 Å². The van der Waals surface area contributed by atoms with Crippen LogP contribution in [-0.2, 0) is 9.53 Å². The predicted octanol–water partition coefficient (Wildman–Crippen LogP) is -1.19. The van der Waals surface area contributed by atoms with Crippen LogP contribution in [0.1, 0.15) is 12.5 Å². The Bertz CT molecular complexity index is 246. The first-order valence-electron chi connectivity index (χ1n) is 3.89. The van der Waals surface area contributed by atoms with Gasteiger partial charge >= 0.3 is 29.6 Å². The molecule has 0 bridgehead atoms. The summed E-state index contributed by atoms with van der Waals surface area (Å²) in [7, 11) is 0. The van der Waals surface area contributed by atoms with E-state index in [4.69, 9.17) is 4.74 Å². The van der Waals surface area contributed by atoms with Crippen LogP contribution in [0.2, 0.25) is 0 Å². The summed E-state index contributed by atoms with van der Waals surface area (Å²) in [5, 5.41) is 0. The molecule has 0 fully saturated rings. The molecule has 0 radical (unpaired) electrons. The van der Waals surface area contributed by atoms with Crippen LogP contribution in [-0.4, -0.2) is 12.6 Å². The summed E-state index contributed by atoms with van der Waals surface area (Å²) in [5.41, 5.74) is 0.871. The maximum absolute atomic E-state index is 10.9. The number of hydrogen-bond acceptors (Lipinski definition) is 2. The van der Waals surface area contributed by atoms with Crippen molar-refractivity contribution in [3.63, 3.8) is 0 Å². The van der Waals surface area contributed by atoms with Crippen LogP contribution in [0.25, 0.3) is 0 Å². The molecule has 1 aromatic carbocycles. The molecule has 1 rings (SSSR count). The number of rotatable bonds is 3. The summed E-state index contributed by atoms with van der Waals surface area (Å²) >= 11 is 0. The number of esters is 1. The van der Waals surface area contributed by atoms with E-state index in [2.05, 4.69) is 0 Å². The van der Waals surface area contributed by atoms with Gasteiger partial charge in [-0.3, -0.25) is 4.79 Å². The van der Waals surface area contributed by atoms with Gasteiger partial charge in [0, 0.05) is 0 Å². The van der Waals surface area contributed by atoms with E-state index >= 15 is 0 Å². The molecule has 0 spiro atoms. The van der Waals surface area contributed by atoms with Crippen LogP contribution >= 0.6 is 0 Å². The molecule has 1 aromatic rings. The average Bonchev–Trinajstić information content (AvgIpc) is 2.06. The largest absolute Gasteiger partial charge is 1.00 e. The second-order valence-electron chi connectivity index (χ2n) is 2.31. The number of ether oxygens (including phenoxy) is 1. The summed E-state index contributed by atoms with van der Waals surface area (Å²) in [6, 6.07) is 9.38. The maximum Gasteiger partial charge on any atom is 1.00 e. The molecule has 64 valence electrons. The Morgan fingerprint density at radius 2 is 2.00 bits per heavy atom. The third-order valence-electron chi connectivity index (χ3n) is 1.37. The molecule has 13 heavy (non-hydrogen) atoms. The minimum absolute atomic E-state index is 0. The summed E-state index contributed by atoms with van der Waals surface area (Å²) in [6.45, 7) is 2.21. The Morgan fingerprint density at radius 3 is 2.54 bits per heavy atom. The second-order valence-corrected chi connectivity index (χ2v) is 2.31. The molecular weight excluding hydrogens is 175 g/mol. The molecule has 3 heteroatoms. The molecule has 0 N–H and O–H groups in total. The van der Waals surface area contributed by atoms with Gasteiger partial charge in [-0.15, -0.1) is 12.1 Å². The maximum atomic E-state index is 10.9. The van der Waals surface area contributed by atoms with Gasteiger partial charge in [-0.1, -0.05) is 12.5 Å². The van der Waals surface area contributed by atoms with Gasteiger partial charge in [0.2, 0.25) is 0 Å². The molecule has 0 aliphatic carbocycles. The van der Waals surface area contributed by atoms with Crippen LogP contribution in [0.4, 0.5) is 0 Å². The molecule has 0 heterocycles. The Labute approximate surface area is 101 Å². The van der Waals surface area contributed by atoms with Gasteiger partial charge in [0.1, 0.15) is 0 Å². The molecule has 0 aromatic heterocycles. The standard InChI is InChI=1S/C10H11O2.Na/c1-2-12-10(11)8-9-6-4-3-5-7-9;/h3-8H,2H2,1H3;/q-1;+1. The number of hydrogen-bond donors (Lipinski definition) is 0. The van der Waals surface area contributed by atoms with E-state index in [0.717, 1.165) is 5.56 Å². The van der Waals surface area contributed by atoms with Gasteiger partial charge in [0.15, 0.2) is 0 Å². The second kappa shape index (κ2) is 7.01. The molecule has 0 atom stereocenters. The van der Waals surface area contributed by atoms with Gasteiger partial charge in [0.25, 0.3) is 5.97 Å². The molecule has 0 aliphatic heterocycles. The molecule has 0 aliphatic rings. The molecule has 2 nitrogen and oxygen atoms in total. The smallest absolute Gasteiger partial charge is 0.472 e. The van der Waals surface area contributed by atoms with Gasteiger partial charge in [-0.25, -0.2) is 0 Å². The SMILES string of the molecule is CCOC(=O)[CH-]c1ccccc1.[Na+]. The minimum atomic E-state index is -0.288. The van der Waals surface area contributed by atoms with E-state index in [0.29, 0.717) is 6.61 Å². The number of benzene rings is 1. The van der Waals surface area contributed by atoms with Crippen molar-refractivity contribution in [3.05, 3.63) is 42.3 Å². The van der Waals surface area contributed by atoms with Crippen LogP contribution in [0, 0.1) is 6.42 Å². The molecular formula is C10H11NaO2. The van der Waals surface area contributed by atoms with Crippen molar-refractivity contribution in [2.45, 2.75) is 6.92 Å². The van der Waals surface area contributed by atoms with Crippen molar-refractivity contribution < 1.29 is 39.1 Å². The van der Waals surface area contributed by atoms with Crippen molar-refractivity contribution in [1.29, 1.82) is 0 Å². The van der Waals surface area contributed by atoms with Crippen LogP contribution < -0.4 is 29.6 Å². The predicted molar refractivity (Wildman–Crippen MR) is 46.5 cm³/mol. The van der Waals surface area contributed by atoms with E-state index in [1.165, 1.54) is 6.42 Å². The Balaban J connectivity index is 0.00000144. The van der Waals surface area contributed by atoms with E-state index in [-0.39, 0.29) is 35.5 Å². The van der Waals surface area contributed by atoms with Crippen LogP contribution in [0.15, 0.2) is 30.3 Å². The van der Waals surface area contributed by atoms with E-state index in [1.54, 1.807) is 6.92 Å². The third-order valence-corrected chi connectivity index (χ3v) is 1.37. The van der Waals surface area contributed by atoms with Gasteiger partial charge < -0.3 is 4.74 Å². The van der Waals surface area contributed by atoms with E-state index in [9.17, 15) is 4.79 Å². The first kappa shape index (κ1) is 12.6. The summed E-state index contributed by atoms with van der Waals surface area (Å²) in [6.07, 6.45) is 1.48. The first-order chi connectivity index (χ1) is 5.83. The minimum Gasteiger partial charge on any atom is -0.472 e. The van der Waals surface area contributed by atoms with E-state index < -0.39 is 0 Å². The zero-order valence-corrected chi connectivity index (χ0v) is 9.99. The zero-order valence-electron chi connectivity index (χ0n) is 7.99. The van der Waals surface area contributed by atoms with Crippen molar-refractivity contribution in [3.8, 4) is 0 Å². The average molecular weight is 186 g/mol. The quantitative estimate of drug-likeness (QED) is 0.337. The van der Waals surface area contributed by atoms with E-state index in [1.807, 2.05) is 30.3 Å². The molecule has 0 amide bonds. The molecule has 0 saturated heterocycles. The summed E-state index contributed by atoms with van der Waals surface area (Å²) < 4.78 is 4.75. The number of carbonyl (C=O) groups is 1. The van der Waals surface area contributed by atoms with Gasteiger partial charge in [-0.05, 0) is 6.92 Å². The van der Waals surface area contributed by atoms with Crippen molar-refractivity contribution >= 4 is 5.97 Å². The number of carbonyl (C=O) groups excluding carboxylic acids is 1. The van der Waals surface area contributed by atoms with Crippen molar-refractivity contribution in [2.75, 3.05) is 6.61 Å². The Kier molecular flexibility index (Phi) is 6.77. The van der Waals surface area contributed by atoms with Gasteiger partial charge in [-0.2, -0.15) is 17.7 Å². The monoisotopic (exact) mass is 186 g/mol.